The van der Waals surface area contributed by atoms with Gasteiger partial charge in [0.25, 0.3) is 0 Å². The van der Waals surface area contributed by atoms with Crippen LogP contribution in [-0.4, -0.2) is 18.8 Å². The fourth-order valence-electron chi connectivity index (χ4n) is 1.28. The van der Waals surface area contributed by atoms with E-state index < -0.39 is 0 Å². The molecule has 1 aromatic rings. The highest BCUT2D eigenvalue weighted by atomic mass is 32.2. The van der Waals surface area contributed by atoms with Crippen molar-refractivity contribution >= 4 is 23.4 Å². The summed E-state index contributed by atoms with van der Waals surface area (Å²) < 4.78 is 5.21. The molecule has 0 bridgehead atoms. The van der Waals surface area contributed by atoms with E-state index in [4.69, 9.17) is 10.5 Å². The summed E-state index contributed by atoms with van der Waals surface area (Å²) in [5.74, 6) is 0.0893. The molecule has 4 heteroatoms. The number of nitrogen functional groups attached to an aromatic ring is 1. The summed E-state index contributed by atoms with van der Waals surface area (Å²) in [7, 11) is 0. The van der Waals surface area contributed by atoms with Crippen molar-refractivity contribution in [3.8, 4) is 0 Å². The van der Waals surface area contributed by atoms with Gasteiger partial charge in [-0.25, -0.2) is 4.79 Å². The van der Waals surface area contributed by atoms with Crippen molar-refractivity contribution in [2.75, 3.05) is 18.6 Å². The van der Waals surface area contributed by atoms with E-state index in [1.54, 1.807) is 23.9 Å². The van der Waals surface area contributed by atoms with Gasteiger partial charge >= 0.3 is 5.97 Å². The highest BCUT2D eigenvalue weighted by molar-refractivity contribution is 7.98. The highest BCUT2D eigenvalue weighted by Crippen LogP contribution is 2.23. The molecule has 0 saturated carbocycles. The number of carbonyl (C=O) groups excluding carboxylic acids is 1. The third-order valence-electron chi connectivity index (χ3n) is 2.66. The van der Waals surface area contributed by atoms with Gasteiger partial charge in [0.05, 0.1) is 12.2 Å². The lowest BCUT2D eigenvalue weighted by Gasteiger charge is -2.10. The number of anilines is 1. The molecule has 0 aliphatic rings. The van der Waals surface area contributed by atoms with Gasteiger partial charge in [-0.15, -0.1) is 11.8 Å². The van der Waals surface area contributed by atoms with Crippen LogP contribution in [-0.2, 0) is 4.74 Å². The number of esters is 1. The number of hydrogen-bond acceptors (Lipinski definition) is 4. The fraction of sp³-hybridized carbons (Fsp3) is 0.462. The summed E-state index contributed by atoms with van der Waals surface area (Å²) in [4.78, 5) is 12.7. The normalized spacial score (nSPS) is 12.2. The van der Waals surface area contributed by atoms with Gasteiger partial charge in [-0.3, -0.25) is 0 Å². The Morgan fingerprint density at radius 2 is 2.24 bits per heavy atom. The quantitative estimate of drug-likeness (QED) is 0.497. The first-order valence-electron chi connectivity index (χ1n) is 5.69. The zero-order valence-corrected chi connectivity index (χ0v) is 11.3. The predicted molar refractivity (Wildman–Crippen MR) is 72.4 cm³/mol. The average Bonchev–Trinajstić information content (AvgIpc) is 2.35. The van der Waals surface area contributed by atoms with E-state index in [0.29, 0.717) is 23.8 Å². The first-order chi connectivity index (χ1) is 8.08. The number of ether oxygens (including phenoxy) is 1. The van der Waals surface area contributed by atoms with Crippen LogP contribution in [0.4, 0.5) is 5.69 Å². The van der Waals surface area contributed by atoms with Gasteiger partial charge in [0.15, 0.2) is 0 Å². The van der Waals surface area contributed by atoms with Crippen LogP contribution in [0.2, 0.25) is 0 Å². The van der Waals surface area contributed by atoms with E-state index in [1.165, 1.54) is 0 Å². The maximum Gasteiger partial charge on any atom is 0.338 e. The smallest absolute Gasteiger partial charge is 0.338 e. The highest BCUT2D eigenvalue weighted by Gasteiger charge is 2.10. The third kappa shape index (κ3) is 3.97. The molecular weight excluding hydrogens is 234 g/mol. The van der Waals surface area contributed by atoms with E-state index in [0.717, 1.165) is 11.3 Å². The van der Waals surface area contributed by atoms with Crippen LogP contribution in [0.25, 0.3) is 0 Å². The van der Waals surface area contributed by atoms with Crippen molar-refractivity contribution in [1.82, 2.24) is 0 Å². The molecule has 0 saturated heterocycles. The largest absolute Gasteiger partial charge is 0.462 e. The molecule has 0 aliphatic carbocycles. The molecule has 1 aromatic carbocycles. The summed E-state index contributed by atoms with van der Waals surface area (Å²) >= 11 is 1.56. The molecule has 1 rings (SSSR count). The monoisotopic (exact) mass is 253 g/mol. The SMILES string of the molecule is CCC(C)COC(=O)c1ccc(SC)c(N)c1. The fourth-order valence-corrected chi connectivity index (χ4v) is 1.78. The Bertz CT molecular complexity index is 393. The van der Waals surface area contributed by atoms with Crippen LogP contribution >= 0.6 is 11.8 Å². The van der Waals surface area contributed by atoms with Gasteiger partial charge in [0.1, 0.15) is 0 Å². The summed E-state index contributed by atoms with van der Waals surface area (Å²) in [5.41, 5.74) is 6.96. The zero-order valence-electron chi connectivity index (χ0n) is 10.5. The molecule has 0 heterocycles. The predicted octanol–water partition coefficient (Wildman–Crippen LogP) is 3.19. The van der Waals surface area contributed by atoms with Gasteiger partial charge in [-0.1, -0.05) is 20.3 Å². The first-order valence-corrected chi connectivity index (χ1v) is 6.91. The maximum atomic E-state index is 11.7. The second kappa shape index (κ2) is 6.55. The molecule has 3 nitrogen and oxygen atoms in total. The van der Waals surface area contributed by atoms with E-state index >= 15 is 0 Å². The lowest BCUT2D eigenvalue weighted by atomic mass is 10.1. The van der Waals surface area contributed by atoms with E-state index in [9.17, 15) is 4.79 Å². The summed E-state index contributed by atoms with van der Waals surface area (Å²) in [6, 6.07) is 5.27. The molecule has 2 N–H and O–H groups in total. The van der Waals surface area contributed by atoms with Gasteiger partial charge < -0.3 is 10.5 Å². The number of thioether (sulfide) groups is 1. The lowest BCUT2D eigenvalue weighted by Crippen LogP contribution is -2.11. The number of benzene rings is 1. The lowest BCUT2D eigenvalue weighted by molar-refractivity contribution is 0.0447. The van der Waals surface area contributed by atoms with E-state index in [1.807, 2.05) is 12.3 Å². The molecule has 17 heavy (non-hydrogen) atoms. The van der Waals surface area contributed by atoms with Crippen LogP contribution in [0.5, 0.6) is 0 Å². The maximum absolute atomic E-state index is 11.7. The van der Waals surface area contributed by atoms with Crippen molar-refractivity contribution in [3.05, 3.63) is 23.8 Å². The van der Waals surface area contributed by atoms with E-state index in [-0.39, 0.29) is 5.97 Å². The molecule has 0 fully saturated rings. The van der Waals surface area contributed by atoms with Gasteiger partial charge in [0.2, 0.25) is 0 Å². The number of carbonyl (C=O) groups is 1. The van der Waals surface area contributed by atoms with E-state index in [2.05, 4.69) is 13.8 Å². The second-order valence-corrected chi connectivity index (χ2v) is 4.92. The molecular formula is C13H19NO2S. The van der Waals surface area contributed by atoms with Crippen molar-refractivity contribution < 1.29 is 9.53 Å². The van der Waals surface area contributed by atoms with Gasteiger partial charge in [-0.05, 0) is 30.4 Å². The van der Waals surface area contributed by atoms with Crippen LogP contribution in [0.1, 0.15) is 30.6 Å². The minimum Gasteiger partial charge on any atom is -0.462 e. The van der Waals surface area contributed by atoms with Crippen LogP contribution < -0.4 is 5.73 Å². The summed E-state index contributed by atoms with van der Waals surface area (Å²) in [5, 5.41) is 0. The molecule has 0 aliphatic heterocycles. The Labute approximate surface area is 107 Å². The van der Waals surface area contributed by atoms with Crippen molar-refractivity contribution in [2.45, 2.75) is 25.2 Å². The molecule has 0 radical (unpaired) electrons. The minimum absolute atomic E-state index is 0.301. The van der Waals surface area contributed by atoms with Crippen molar-refractivity contribution in [3.63, 3.8) is 0 Å². The number of nitrogens with two attached hydrogens (primary N) is 1. The molecule has 94 valence electrons. The third-order valence-corrected chi connectivity index (χ3v) is 3.47. The molecule has 0 amide bonds. The van der Waals surface area contributed by atoms with Gasteiger partial charge in [-0.2, -0.15) is 0 Å². The summed E-state index contributed by atoms with van der Waals surface area (Å²) in [6.07, 6.45) is 2.95. The molecule has 0 spiro atoms. The average molecular weight is 253 g/mol. The topological polar surface area (TPSA) is 52.3 Å². The molecule has 1 unspecified atom stereocenters. The van der Waals surface area contributed by atoms with Crippen molar-refractivity contribution in [2.24, 2.45) is 5.92 Å². The first kappa shape index (κ1) is 13.9. The standard InChI is InChI=1S/C13H19NO2S/c1-4-9(2)8-16-13(15)10-5-6-12(17-3)11(14)7-10/h5-7,9H,4,8,14H2,1-3H3. The van der Waals surface area contributed by atoms with Gasteiger partial charge in [0, 0.05) is 10.6 Å². The Balaban J connectivity index is 2.66. The molecule has 1 atom stereocenters. The van der Waals surface area contributed by atoms with Crippen LogP contribution in [0, 0.1) is 5.92 Å². The Hall–Kier alpha value is -1.16. The molecule has 0 aromatic heterocycles. The second-order valence-electron chi connectivity index (χ2n) is 4.07. The van der Waals surface area contributed by atoms with Crippen molar-refractivity contribution in [1.29, 1.82) is 0 Å². The van der Waals surface area contributed by atoms with Crippen LogP contribution in [0.15, 0.2) is 23.1 Å². The number of rotatable bonds is 5. The summed E-state index contributed by atoms with van der Waals surface area (Å²) in [6.45, 7) is 4.59. The van der Waals surface area contributed by atoms with Crippen LogP contribution in [0.3, 0.4) is 0 Å². The Morgan fingerprint density at radius 3 is 2.76 bits per heavy atom. The Morgan fingerprint density at radius 1 is 1.53 bits per heavy atom. The zero-order chi connectivity index (χ0) is 12.8. The number of hydrogen-bond donors (Lipinski definition) is 1. The Kier molecular flexibility index (Phi) is 5.35. The minimum atomic E-state index is -0.301.